The fourth-order valence-electron chi connectivity index (χ4n) is 1.84. The van der Waals surface area contributed by atoms with Crippen LogP contribution in [0.15, 0.2) is 18.2 Å². The number of nitriles is 1. The van der Waals surface area contributed by atoms with Crippen LogP contribution < -0.4 is 5.32 Å². The Morgan fingerprint density at radius 2 is 2.12 bits per heavy atom. The van der Waals surface area contributed by atoms with Crippen molar-refractivity contribution in [3.05, 3.63) is 29.3 Å². The van der Waals surface area contributed by atoms with E-state index in [1.54, 1.807) is 0 Å². The Morgan fingerprint density at radius 1 is 1.38 bits per heavy atom. The Morgan fingerprint density at radius 3 is 2.62 bits per heavy atom. The van der Waals surface area contributed by atoms with Crippen LogP contribution in [-0.4, -0.2) is 6.04 Å². The van der Waals surface area contributed by atoms with Gasteiger partial charge in [0.05, 0.1) is 11.6 Å². The number of aryl methyl sites for hydroxylation is 1. The molecule has 0 amide bonds. The minimum absolute atomic E-state index is 0.539. The van der Waals surface area contributed by atoms with Crippen LogP contribution in [0, 0.1) is 18.3 Å². The van der Waals surface area contributed by atoms with Crippen molar-refractivity contribution >= 4 is 5.69 Å². The van der Waals surface area contributed by atoms with Crippen molar-refractivity contribution in [3.8, 4) is 6.07 Å². The summed E-state index contributed by atoms with van der Waals surface area (Å²) in [5.74, 6) is 0. The molecule has 0 saturated heterocycles. The van der Waals surface area contributed by atoms with Crippen molar-refractivity contribution in [1.82, 2.24) is 0 Å². The van der Waals surface area contributed by atoms with E-state index in [2.05, 4.69) is 31.3 Å². The molecule has 0 fully saturated rings. The van der Waals surface area contributed by atoms with E-state index in [9.17, 15) is 0 Å². The molecule has 86 valence electrons. The predicted octanol–water partition coefficient (Wildman–Crippen LogP) is 3.86. The fourth-order valence-corrected chi connectivity index (χ4v) is 1.84. The van der Waals surface area contributed by atoms with Crippen molar-refractivity contribution in [2.24, 2.45) is 0 Å². The maximum Gasteiger partial charge on any atom is 0.0994 e. The average Bonchev–Trinajstić information content (AvgIpc) is 2.28. The second kappa shape index (κ2) is 6.17. The summed E-state index contributed by atoms with van der Waals surface area (Å²) in [4.78, 5) is 0. The monoisotopic (exact) mass is 216 g/mol. The highest BCUT2D eigenvalue weighted by atomic mass is 14.9. The van der Waals surface area contributed by atoms with Gasteiger partial charge in [-0.25, -0.2) is 0 Å². The molecule has 0 saturated carbocycles. The molecule has 1 rings (SSSR count). The molecule has 0 spiro atoms. The Kier molecular flexibility index (Phi) is 4.85. The summed E-state index contributed by atoms with van der Waals surface area (Å²) in [5.41, 5.74) is 2.92. The van der Waals surface area contributed by atoms with Crippen LogP contribution in [-0.2, 0) is 0 Å². The zero-order valence-corrected chi connectivity index (χ0v) is 10.4. The topological polar surface area (TPSA) is 35.8 Å². The average molecular weight is 216 g/mol. The van der Waals surface area contributed by atoms with Gasteiger partial charge in [-0.3, -0.25) is 0 Å². The summed E-state index contributed by atoms with van der Waals surface area (Å²) in [7, 11) is 0. The lowest BCUT2D eigenvalue weighted by Gasteiger charge is -2.18. The van der Waals surface area contributed by atoms with E-state index in [1.807, 2.05) is 19.1 Å². The van der Waals surface area contributed by atoms with Crippen molar-refractivity contribution in [1.29, 1.82) is 5.26 Å². The van der Waals surface area contributed by atoms with Crippen LogP contribution in [0.3, 0.4) is 0 Å². The molecule has 0 heterocycles. The summed E-state index contributed by atoms with van der Waals surface area (Å²) in [6.45, 7) is 6.38. The molecule has 1 aromatic carbocycles. The minimum atomic E-state index is 0.539. The number of nitrogens with zero attached hydrogens (tertiary/aromatic N) is 1. The van der Waals surface area contributed by atoms with E-state index >= 15 is 0 Å². The lowest BCUT2D eigenvalue weighted by Crippen LogP contribution is -2.17. The van der Waals surface area contributed by atoms with Gasteiger partial charge in [-0.05, 0) is 43.5 Å². The molecule has 0 aliphatic carbocycles. The Hall–Kier alpha value is -1.49. The van der Waals surface area contributed by atoms with E-state index < -0.39 is 0 Å². The number of hydrogen-bond acceptors (Lipinski definition) is 2. The molecule has 1 unspecified atom stereocenters. The third-order valence-corrected chi connectivity index (χ3v) is 2.85. The summed E-state index contributed by atoms with van der Waals surface area (Å²) in [5, 5.41) is 12.4. The molecule has 0 bridgehead atoms. The van der Waals surface area contributed by atoms with Gasteiger partial charge in [0.2, 0.25) is 0 Å². The first-order valence-corrected chi connectivity index (χ1v) is 5.98. The molecule has 0 radical (unpaired) electrons. The van der Waals surface area contributed by atoms with Gasteiger partial charge >= 0.3 is 0 Å². The van der Waals surface area contributed by atoms with E-state index in [0.29, 0.717) is 6.04 Å². The Bertz CT molecular complexity index is 377. The molecule has 0 aliphatic rings. The third-order valence-electron chi connectivity index (χ3n) is 2.85. The number of benzene rings is 1. The Balaban J connectivity index is 2.74. The zero-order chi connectivity index (χ0) is 12.0. The maximum atomic E-state index is 8.85. The highest BCUT2D eigenvalue weighted by Crippen LogP contribution is 2.17. The van der Waals surface area contributed by atoms with E-state index in [1.165, 1.54) is 12.8 Å². The first-order chi connectivity index (χ1) is 7.71. The molecule has 1 aromatic rings. The van der Waals surface area contributed by atoms with Gasteiger partial charge in [0.25, 0.3) is 0 Å². The molecule has 2 nitrogen and oxygen atoms in total. The van der Waals surface area contributed by atoms with Crippen molar-refractivity contribution in [3.63, 3.8) is 0 Å². The smallest absolute Gasteiger partial charge is 0.0994 e. The second-order valence-electron chi connectivity index (χ2n) is 4.18. The van der Waals surface area contributed by atoms with Crippen LogP contribution in [0.25, 0.3) is 0 Å². The van der Waals surface area contributed by atoms with Gasteiger partial charge in [-0.2, -0.15) is 5.26 Å². The highest BCUT2D eigenvalue weighted by molar-refractivity contribution is 5.52. The Labute approximate surface area is 98.3 Å². The van der Waals surface area contributed by atoms with Gasteiger partial charge in [0.1, 0.15) is 0 Å². The molecule has 1 atom stereocenters. The first-order valence-electron chi connectivity index (χ1n) is 5.98. The number of rotatable bonds is 5. The van der Waals surface area contributed by atoms with Crippen molar-refractivity contribution in [2.45, 2.75) is 46.1 Å². The number of nitrogens with one attached hydrogen (secondary N) is 1. The van der Waals surface area contributed by atoms with Crippen molar-refractivity contribution < 1.29 is 0 Å². The summed E-state index contributed by atoms with van der Waals surface area (Å²) < 4.78 is 0. The lowest BCUT2D eigenvalue weighted by atomic mass is 10.1. The molecule has 16 heavy (non-hydrogen) atoms. The van der Waals surface area contributed by atoms with Crippen LogP contribution in [0.1, 0.15) is 44.2 Å². The maximum absolute atomic E-state index is 8.85. The van der Waals surface area contributed by atoms with Gasteiger partial charge < -0.3 is 5.32 Å². The third kappa shape index (κ3) is 3.27. The summed E-state index contributed by atoms with van der Waals surface area (Å²) in [6.07, 6.45) is 3.52. The second-order valence-corrected chi connectivity index (χ2v) is 4.18. The van der Waals surface area contributed by atoms with Gasteiger partial charge in [-0.15, -0.1) is 0 Å². The molecule has 1 N–H and O–H groups in total. The molecular formula is C14H20N2. The zero-order valence-electron chi connectivity index (χ0n) is 10.4. The normalized spacial score (nSPS) is 11.9. The van der Waals surface area contributed by atoms with Gasteiger partial charge in [-0.1, -0.05) is 20.3 Å². The standard InChI is InChI=1S/C14H20N2/c1-4-6-13(5-2)16-14-8-7-12(10-15)11(3)9-14/h7-9,13,16H,4-6H2,1-3H3. The van der Waals surface area contributed by atoms with Crippen LogP contribution in [0.4, 0.5) is 5.69 Å². The quantitative estimate of drug-likeness (QED) is 0.811. The molecule has 0 aliphatic heterocycles. The molecule has 0 aromatic heterocycles. The largest absolute Gasteiger partial charge is 0.382 e. The van der Waals surface area contributed by atoms with Gasteiger partial charge in [0, 0.05) is 11.7 Å². The first kappa shape index (κ1) is 12.6. The van der Waals surface area contributed by atoms with Crippen LogP contribution in [0.5, 0.6) is 0 Å². The van der Waals surface area contributed by atoms with E-state index in [-0.39, 0.29) is 0 Å². The van der Waals surface area contributed by atoms with Crippen molar-refractivity contribution in [2.75, 3.05) is 5.32 Å². The molecular weight excluding hydrogens is 196 g/mol. The predicted molar refractivity (Wildman–Crippen MR) is 68.5 cm³/mol. The fraction of sp³-hybridized carbons (Fsp3) is 0.500. The summed E-state index contributed by atoms with van der Waals surface area (Å²) in [6, 6.07) is 8.65. The number of anilines is 1. The van der Waals surface area contributed by atoms with E-state index in [0.717, 1.165) is 23.2 Å². The van der Waals surface area contributed by atoms with Crippen LogP contribution in [0.2, 0.25) is 0 Å². The van der Waals surface area contributed by atoms with Gasteiger partial charge in [0.15, 0.2) is 0 Å². The molecule has 2 heteroatoms. The number of hydrogen-bond donors (Lipinski definition) is 1. The van der Waals surface area contributed by atoms with E-state index in [4.69, 9.17) is 5.26 Å². The highest BCUT2D eigenvalue weighted by Gasteiger charge is 2.05. The van der Waals surface area contributed by atoms with Crippen LogP contribution >= 0.6 is 0 Å². The minimum Gasteiger partial charge on any atom is -0.382 e. The summed E-state index contributed by atoms with van der Waals surface area (Å²) >= 11 is 0. The SMILES string of the molecule is CCCC(CC)Nc1ccc(C#N)c(C)c1. The lowest BCUT2D eigenvalue weighted by molar-refractivity contribution is 0.623.